The van der Waals surface area contributed by atoms with Gasteiger partial charge >= 0.3 is 0 Å². The SMILES string of the molecule is C[C@]12CC[C@@H]3c4ccc(CCOCc5ccccc5)cc4CC[C@H]3[C@@H]1C/C(=C\c1cccc(C(N)=O)c1)C2=O. The molecule has 0 spiro atoms. The number of carbonyl (C=O) groups excluding carboxylic acids is 2. The van der Waals surface area contributed by atoms with Crippen molar-refractivity contribution < 1.29 is 14.3 Å². The summed E-state index contributed by atoms with van der Waals surface area (Å²) in [5.74, 6) is 1.28. The summed E-state index contributed by atoms with van der Waals surface area (Å²) in [7, 11) is 0. The molecule has 4 nitrogen and oxygen atoms in total. The zero-order valence-corrected chi connectivity index (χ0v) is 22.7. The minimum Gasteiger partial charge on any atom is -0.376 e. The normalized spacial score (nSPS) is 26.6. The van der Waals surface area contributed by atoms with Crippen molar-refractivity contribution in [1.82, 2.24) is 0 Å². The lowest BCUT2D eigenvalue weighted by Gasteiger charge is -2.48. The lowest BCUT2D eigenvalue weighted by atomic mass is 9.55. The van der Waals surface area contributed by atoms with E-state index in [2.05, 4.69) is 37.3 Å². The molecule has 0 unspecified atom stereocenters. The molecule has 3 aromatic carbocycles. The number of ether oxygens (including phenoxy) is 1. The highest BCUT2D eigenvalue weighted by Crippen LogP contribution is 2.60. The maximum atomic E-state index is 13.7. The van der Waals surface area contributed by atoms with Gasteiger partial charge in [-0.3, -0.25) is 9.59 Å². The van der Waals surface area contributed by atoms with Crippen LogP contribution in [0.15, 0.2) is 78.4 Å². The van der Waals surface area contributed by atoms with Gasteiger partial charge in [0, 0.05) is 11.0 Å². The Morgan fingerprint density at radius 3 is 2.69 bits per heavy atom. The van der Waals surface area contributed by atoms with E-state index in [9.17, 15) is 9.59 Å². The number of hydrogen-bond donors (Lipinski definition) is 1. The van der Waals surface area contributed by atoms with Gasteiger partial charge in [-0.25, -0.2) is 0 Å². The van der Waals surface area contributed by atoms with E-state index in [1.807, 2.05) is 36.4 Å². The van der Waals surface area contributed by atoms with Crippen molar-refractivity contribution in [3.05, 3.63) is 112 Å². The molecule has 2 saturated carbocycles. The average molecular weight is 520 g/mol. The molecular formula is C35H37NO3. The van der Waals surface area contributed by atoms with Crippen LogP contribution in [0, 0.1) is 17.3 Å². The van der Waals surface area contributed by atoms with Gasteiger partial charge in [-0.05, 0) is 108 Å². The Bertz CT molecular complexity index is 1420. The van der Waals surface area contributed by atoms with Crippen LogP contribution in [-0.2, 0) is 29.0 Å². The van der Waals surface area contributed by atoms with Gasteiger partial charge in [0.25, 0.3) is 0 Å². The molecule has 6 rings (SSSR count). The summed E-state index contributed by atoms with van der Waals surface area (Å²) in [4.78, 5) is 25.3. The van der Waals surface area contributed by atoms with E-state index in [1.165, 1.54) is 22.3 Å². The van der Waals surface area contributed by atoms with Crippen molar-refractivity contribution >= 4 is 17.8 Å². The highest BCUT2D eigenvalue weighted by atomic mass is 16.5. The summed E-state index contributed by atoms with van der Waals surface area (Å²) in [5, 5.41) is 0. The molecule has 0 saturated heterocycles. The average Bonchev–Trinajstić information content (AvgIpc) is 3.21. The monoisotopic (exact) mass is 519 g/mol. The Hall–Kier alpha value is -3.50. The van der Waals surface area contributed by atoms with Crippen LogP contribution in [0.2, 0.25) is 0 Å². The van der Waals surface area contributed by atoms with Crippen LogP contribution < -0.4 is 5.73 Å². The number of nitrogens with two attached hydrogens (primary N) is 1. The van der Waals surface area contributed by atoms with E-state index >= 15 is 0 Å². The molecule has 4 atom stereocenters. The molecule has 0 heterocycles. The molecule has 1 amide bonds. The Balaban J connectivity index is 1.15. The van der Waals surface area contributed by atoms with E-state index in [1.54, 1.807) is 12.1 Å². The molecule has 2 fully saturated rings. The van der Waals surface area contributed by atoms with Crippen LogP contribution in [0.5, 0.6) is 0 Å². The third-order valence-corrected chi connectivity index (χ3v) is 9.59. The van der Waals surface area contributed by atoms with Gasteiger partial charge in [-0.1, -0.05) is 67.6 Å². The smallest absolute Gasteiger partial charge is 0.248 e. The summed E-state index contributed by atoms with van der Waals surface area (Å²) in [5.41, 5.74) is 13.0. The molecule has 200 valence electrons. The van der Waals surface area contributed by atoms with Gasteiger partial charge in [0.15, 0.2) is 5.78 Å². The number of aryl methyl sites for hydroxylation is 1. The summed E-state index contributed by atoms with van der Waals surface area (Å²) in [6.45, 7) is 3.58. The fraction of sp³-hybridized carbons (Fsp3) is 0.371. The molecular weight excluding hydrogens is 482 g/mol. The van der Waals surface area contributed by atoms with Gasteiger partial charge in [0.05, 0.1) is 13.2 Å². The predicted molar refractivity (Wildman–Crippen MR) is 154 cm³/mol. The minimum absolute atomic E-state index is 0.290. The quantitative estimate of drug-likeness (QED) is 0.280. The van der Waals surface area contributed by atoms with Crippen LogP contribution in [0.1, 0.15) is 76.7 Å². The van der Waals surface area contributed by atoms with Crippen LogP contribution >= 0.6 is 0 Å². The van der Waals surface area contributed by atoms with Crippen molar-refractivity contribution in [3.8, 4) is 0 Å². The molecule has 0 aromatic heterocycles. The Morgan fingerprint density at radius 1 is 1.03 bits per heavy atom. The zero-order chi connectivity index (χ0) is 27.0. The van der Waals surface area contributed by atoms with E-state index in [0.717, 1.165) is 56.3 Å². The first-order valence-electron chi connectivity index (χ1n) is 14.3. The van der Waals surface area contributed by atoms with E-state index < -0.39 is 5.91 Å². The number of amides is 1. The number of allylic oxidation sites excluding steroid dienone is 1. The number of Topliss-reactive ketones (excluding diaryl/α,β-unsaturated/α-hetero) is 1. The van der Waals surface area contributed by atoms with Crippen LogP contribution in [-0.4, -0.2) is 18.3 Å². The van der Waals surface area contributed by atoms with E-state index in [0.29, 0.717) is 35.7 Å². The number of rotatable bonds is 7. The van der Waals surface area contributed by atoms with Crippen molar-refractivity contribution in [3.63, 3.8) is 0 Å². The zero-order valence-electron chi connectivity index (χ0n) is 22.7. The van der Waals surface area contributed by atoms with Crippen molar-refractivity contribution in [2.24, 2.45) is 23.0 Å². The number of primary amides is 1. The predicted octanol–water partition coefficient (Wildman–Crippen LogP) is 6.66. The molecule has 4 heteroatoms. The maximum Gasteiger partial charge on any atom is 0.248 e. The maximum absolute atomic E-state index is 13.7. The topological polar surface area (TPSA) is 69.4 Å². The fourth-order valence-corrected chi connectivity index (χ4v) is 7.53. The Labute approximate surface area is 231 Å². The fourth-order valence-electron chi connectivity index (χ4n) is 7.53. The molecule has 2 N–H and O–H groups in total. The molecule has 39 heavy (non-hydrogen) atoms. The van der Waals surface area contributed by atoms with Gasteiger partial charge in [0.1, 0.15) is 0 Å². The number of fused-ring (bicyclic) bond motifs is 5. The van der Waals surface area contributed by atoms with Gasteiger partial charge < -0.3 is 10.5 Å². The Kier molecular flexibility index (Phi) is 6.99. The molecule has 0 radical (unpaired) electrons. The highest BCUT2D eigenvalue weighted by molar-refractivity contribution is 6.06. The van der Waals surface area contributed by atoms with Crippen molar-refractivity contribution in [2.75, 3.05) is 6.61 Å². The summed E-state index contributed by atoms with van der Waals surface area (Å²) < 4.78 is 5.93. The second kappa shape index (κ2) is 10.6. The van der Waals surface area contributed by atoms with Crippen LogP contribution in [0.3, 0.4) is 0 Å². The molecule has 0 bridgehead atoms. The molecule has 3 aliphatic carbocycles. The second-order valence-corrected chi connectivity index (χ2v) is 11.9. The summed E-state index contributed by atoms with van der Waals surface area (Å²) >= 11 is 0. The van der Waals surface area contributed by atoms with E-state index in [-0.39, 0.29) is 5.41 Å². The first-order valence-corrected chi connectivity index (χ1v) is 14.3. The van der Waals surface area contributed by atoms with Gasteiger partial charge in [-0.15, -0.1) is 0 Å². The Morgan fingerprint density at radius 2 is 1.87 bits per heavy atom. The van der Waals surface area contributed by atoms with Gasteiger partial charge in [0.2, 0.25) is 5.91 Å². The number of benzene rings is 3. The first kappa shape index (κ1) is 25.8. The van der Waals surface area contributed by atoms with Crippen molar-refractivity contribution in [2.45, 2.75) is 58.0 Å². The standard InChI is InChI=1S/C35H37NO3/c1-35-16-14-30-29-12-10-23(15-17-39-22-24-6-3-2-4-7-24)18-26(29)11-13-31(30)32(35)21-28(33(35)37)20-25-8-5-9-27(19-25)34(36)38/h2-10,12,18-20,30-32H,11,13-17,21-22H2,1H3,(H2,36,38)/b28-20+/t30-,31-,32+,35+/m1/s1. The lowest BCUT2D eigenvalue weighted by Crippen LogP contribution is -2.42. The number of hydrogen-bond acceptors (Lipinski definition) is 3. The lowest BCUT2D eigenvalue weighted by molar-refractivity contribution is -0.127. The number of ketones is 1. The van der Waals surface area contributed by atoms with Crippen LogP contribution in [0.4, 0.5) is 0 Å². The third kappa shape index (κ3) is 4.98. The minimum atomic E-state index is -0.444. The second-order valence-electron chi connectivity index (χ2n) is 11.9. The van der Waals surface area contributed by atoms with Crippen molar-refractivity contribution in [1.29, 1.82) is 0 Å². The molecule has 3 aromatic rings. The first-order chi connectivity index (χ1) is 18.9. The third-order valence-electron chi connectivity index (χ3n) is 9.59. The largest absolute Gasteiger partial charge is 0.376 e. The van der Waals surface area contributed by atoms with E-state index in [4.69, 9.17) is 10.5 Å². The summed E-state index contributed by atoms with van der Waals surface area (Å²) in [6.07, 6.45) is 7.97. The molecule has 0 aliphatic heterocycles. The van der Waals surface area contributed by atoms with Gasteiger partial charge in [-0.2, -0.15) is 0 Å². The highest BCUT2D eigenvalue weighted by Gasteiger charge is 2.56. The number of carbonyl (C=O) groups is 2. The van der Waals surface area contributed by atoms with Crippen LogP contribution in [0.25, 0.3) is 6.08 Å². The summed E-state index contributed by atoms with van der Waals surface area (Å²) in [6, 6.07) is 24.7. The molecule has 3 aliphatic rings.